The zero-order valence-electron chi connectivity index (χ0n) is 19.4. The SMILES string of the molecule is COc1ccccc1/C=C/C(=O)N1CCNC(=O)[C@H]1CC(=O)N1CCN(c2ccccc2)CC1. The van der Waals surface area contributed by atoms with E-state index in [-0.39, 0.29) is 24.1 Å². The molecule has 2 aromatic carbocycles. The lowest BCUT2D eigenvalue weighted by Crippen LogP contribution is -2.59. The highest BCUT2D eigenvalue weighted by atomic mass is 16.5. The molecule has 0 radical (unpaired) electrons. The Balaban J connectivity index is 1.38. The minimum Gasteiger partial charge on any atom is -0.496 e. The van der Waals surface area contributed by atoms with E-state index in [1.165, 1.54) is 11.0 Å². The number of amides is 3. The third-order valence-corrected chi connectivity index (χ3v) is 6.28. The van der Waals surface area contributed by atoms with Crippen LogP contribution in [0.1, 0.15) is 12.0 Å². The quantitative estimate of drug-likeness (QED) is 0.662. The Labute approximate surface area is 199 Å². The second kappa shape index (κ2) is 10.9. The van der Waals surface area contributed by atoms with Crippen molar-refractivity contribution in [2.24, 2.45) is 0 Å². The van der Waals surface area contributed by atoms with Gasteiger partial charge in [0.05, 0.1) is 13.5 Å². The van der Waals surface area contributed by atoms with Gasteiger partial charge in [-0.05, 0) is 24.3 Å². The van der Waals surface area contributed by atoms with Crippen LogP contribution in [0.15, 0.2) is 60.7 Å². The van der Waals surface area contributed by atoms with Gasteiger partial charge in [0.15, 0.2) is 0 Å². The van der Waals surface area contributed by atoms with Crippen molar-refractivity contribution in [3.05, 3.63) is 66.2 Å². The topological polar surface area (TPSA) is 82.2 Å². The molecule has 0 aromatic heterocycles. The number of methoxy groups -OCH3 is 1. The molecule has 0 unspecified atom stereocenters. The number of benzene rings is 2. The maximum atomic E-state index is 13.0. The van der Waals surface area contributed by atoms with Crippen molar-refractivity contribution in [2.45, 2.75) is 12.5 Å². The Morgan fingerprint density at radius 3 is 2.44 bits per heavy atom. The van der Waals surface area contributed by atoms with Gasteiger partial charge in [0.1, 0.15) is 11.8 Å². The molecule has 4 rings (SSSR count). The molecule has 3 amide bonds. The molecule has 0 bridgehead atoms. The fraction of sp³-hybridized carbons (Fsp3) is 0.346. The van der Waals surface area contributed by atoms with Crippen LogP contribution in [0.5, 0.6) is 5.75 Å². The second-order valence-corrected chi connectivity index (χ2v) is 8.32. The van der Waals surface area contributed by atoms with E-state index in [9.17, 15) is 14.4 Å². The first kappa shape index (κ1) is 23.4. The van der Waals surface area contributed by atoms with E-state index in [2.05, 4.69) is 22.3 Å². The number of carbonyl (C=O) groups is 3. The maximum Gasteiger partial charge on any atom is 0.247 e. The van der Waals surface area contributed by atoms with Crippen molar-refractivity contribution >= 4 is 29.5 Å². The molecule has 2 saturated heterocycles. The van der Waals surface area contributed by atoms with Gasteiger partial charge >= 0.3 is 0 Å². The number of para-hydroxylation sites is 2. The number of hydrogen-bond acceptors (Lipinski definition) is 5. The number of nitrogens with zero attached hydrogens (tertiary/aromatic N) is 3. The Hall–Kier alpha value is -3.81. The highest BCUT2D eigenvalue weighted by molar-refractivity contribution is 5.98. The van der Waals surface area contributed by atoms with Gasteiger partial charge in [0.2, 0.25) is 17.7 Å². The Morgan fingerprint density at radius 1 is 1.00 bits per heavy atom. The molecular formula is C26H30N4O4. The van der Waals surface area contributed by atoms with Gasteiger partial charge < -0.3 is 24.8 Å². The zero-order valence-corrected chi connectivity index (χ0v) is 19.4. The summed E-state index contributed by atoms with van der Waals surface area (Å²) in [5, 5.41) is 2.79. The lowest BCUT2D eigenvalue weighted by atomic mass is 10.1. The molecule has 2 fully saturated rings. The summed E-state index contributed by atoms with van der Waals surface area (Å²) in [6.45, 7) is 3.37. The van der Waals surface area contributed by atoms with E-state index >= 15 is 0 Å². The van der Waals surface area contributed by atoms with Crippen LogP contribution in [0.25, 0.3) is 6.08 Å². The largest absolute Gasteiger partial charge is 0.496 e. The minimum atomic E-state index is -0.816. The van der Waals surface area contributed by atoms with E-state index < -0.39 is 6.04 Å². The number of nitrogens with one attached hydrogen (secondary N) is 1. The highest BCUT2D eigenvalue weighted by Gasteiger charge is 2.35. The van der Waals surface area contributed by atoms with Crippen LogP contribution in [-0.2, 0) is 14.4 Å². The second-order valence-electron chi connectivity index (χ2n) is 8.32. The van der Waals surface area contributed by atoms with Crippen molar-refractivity contribution in [2.75, 3.05) is 51.3 Å². The third-order valence-electron chi connectivity index (χ3n) is 6.28. The molecule has 2 aliphatic rings. The molecule has 178 valence electrons. The van der Waals surface area contributed by atoms with Crippen LogP contribution in [0.3, 0.4) is 0 Å². The fourth-order valence-corrected chi connectivity index (χ4v) is 4.39. The van der Waals surface area contributed by atoms with Gasteiger partial charge in [0, 0.05) is 56.6 Å². The lowest BCUT2D eigenvalue weighted by Gasteiger charge is -2.38. The monoisotopic (exact) mass is 462 g/mol. The fourth-order valence-electron chi connectivity index (χ4n) is 4.39. The number of ether oxygens (including phenoxy) is 1. The summed E-state index contributed by atoms with van der Waals surface area (Å²) in [5.41, 5.74) is 1.91. The molecule has 0 aliphatic carbocycles. The molecule has 0 spiro atoms. The molecule has 2 aliphatic heterocycles. The standard InChI is InChI=1S/C26H30N4O4/c1-34-23-10-6-5-7-20(23)11-12-24(31)30-14-13-27-26(33)22(30)19-25(32)29-17-15-28(16-18-29)21-8-3-2-4-9-21/h2-12,22H,13-19H2,1H3,(H,27,33)/b12-11+/t22-/m1/s1. The number of hydrogen-bond donors (Lipinski definition) is 1. The van der Waals surface area contributed by atoms with Crippen LogP contribution >= 0.6 is 0 Å². The summed E-state index contributed by atoms with van der Waals surface area (Å²) >= 11 is 0. The summed E-state index contributed by atoms with van der Waals surface area (Å²) in [4.78, 5) is 44.1. The highest BCUT2D eigenvalue weighted by Crippen LogP contribution is 2.20. The summed E-state index contributed by atoms with van der Waals surface area (Å²) in [5.74, 6) is -0.0420. The first-order valence-corrected chi connectivity index (χ1v) is 11.5. The van der Waals surface area contributed by atoms with Crippen molar-refractivity contribution in [1.29, 1.82) is 0 Å². The molecule has 34 heavy (non-hydrogen) atoms. The summed E-state index contributed by atoms with van der Waals surface area (Å²) in [6, 6.07) is 16.7. The molecular weight excluding hydrogens is 432 g/mol. The van der Waals surface area contributed by atoms with Crippen LogP contribution in [-0.4, -0.2) is 79.9 Å². The normalized spacial score (nSPS) is 18.7. The van der Waals surface area contributed by atoms with Gasteiger partial charge in [-0.15, -0.1) is 0 Å². The van der Waals surface area contributed by atoms with Crippen molar-refractivity contribution in [1.82, 2.24) is 15.1 Å². The van der Waals surface area contributed by atoms with Crippen molar-refractivity contribution < 1.29 is 19.1 Å². The zero-order chi connectivity index (χ0) is 23.9. The van der Waals surface area contributed by atoms with E-state index in [1.54, 1.807) is 18.1 Å². The minimum absolute atomic E-state index is 0.0224. The summed E-state index contributed by atoms with van der Waals surface area (Å²) in [7, 11) is 1.57. The molecule has 8 nitrogen and oxygen atoms in total. The Bertz CT molecular complexity index is 1050. The van der Waals surface area contributed by atoms with Crippen LogP contribution < -0.4 is 15.0 Å². The third kappa shape index (κ3) is 5.39. The molecule has 0 saturated carbocycles. The van der Waals surface area contributed by atoms with Crippen molar-refractivity contribution in [3.8, 4) is 5.75 Å². The molecule has 2 heterocycles. The van der Waals surface area contributed by atoms with Gasteiger partial charge in [-0.2, -0.15) is 0 Å². The number of rotatable bonds is 6. The van der Waals surface area contributed by atoms with Gasteiger partial charge in [-0.3, -0.25) is 14.4 Å². The van der Waals surface area contributed by atoms with Crippen molar-refractivity contribution in [3.63, 3.8) is 0 Å². The Morgan fingerprint density at radius 2 is 1.71 bits per heavy atom. The van der Waals surface area contributed by atoms with Crippen LogP contribution in [0.2, 0.25) is 0 Å². The van der Waals surface area contributed by atoms with Gasteiger partial charge in [-0.1, -0.05) is 36.4 Å². The van der Waals surface area contributed by atoms with Gasteiger partial charge in [-0.25, -0.2) is 0 Å². The molecule has 1 atom stereocenters. The van der Waals surface area contributed by atoms with E-state index in [0.29, 0.717) is 31.9 Å². The maximum absolute atomic E-state index is 13.0. The molecule has 1 N–H and O–H groups in total. The van der Waals surface area contributed by atoms with E-state index in [4.69, 9.17) is 4.74 Å². The van der Waals surface area contributed by atoms with Gasteiger partial charge in [0.25, 0.3) is 0 Å². The average molecular weight is 463 g/mol. The predicted molar refractivity (Wildman–Crippen MR) is 130 cm³/mol. The molecule has 8 heteroatoms. The number of carbonyl (C=O) groups excluding carboxylic acids is 3. The first-order chi connectivity index (χ1) is 16.6. The molecule has 2 aromatic rings. The average Bonchev–Trinajstić information content (AvgIpc) is 2.89. The predicted octanol–water partition coefficient (Wildman–Crippen LogP) is 1.77. The lowest BCUT2D eigenvalue weighted by molar-refractivity contribution is -0.144. The Kier molecular flexibility index (Phi) is 7.47. The van der Waals surface area contributed by atoms with Crippen LogP contribution in [0.4, 0.5) is 5.69 Å². The smallest absolute Gasteiger partial charge is 0.247 e. The van der Waals surface area contributed by atoms with E-state index in [0.717, 1.165) is 24.3 Å². The van der Waals surface area contributed by atoms with Crippen LogP contribution in [0, 0.1) is 0 Å². The number of piperazine rings is 2. The summed E-state index contributed by atoms with van der Waals surface area (Å²) in [6.07, 6.45) is 3.09. The van der Waals surface area contributed by atoms with E-state index in [1.807, 2.05) is 42.5 Å². The number of anilines is 1. The summed E-state index contributed by atoms with van der Waals surface area (Å²) < 4.78 is 5.32. The first-order valence-electron chi connectivity index (χ1n) is 11.5.